The van der Waals surface area contributed by atoms with Gasteiger partial charge < -0.3 is 19.5 Å². The van der Waals surface area contributed by atoms with E-state index in [0.29, 0.717) is 22.8 Å². The number of carbonyl (C=O) groups excluding carboxylic acids is 2. The lowest BCUT2D eigenvalue weighted by Gasteiger charge is -2.34. The van der Waals surface area contributed by atoms with Crippen LogP contribution in [0.2, 0.25) is 0 Å². The van der Waals surface area contributed by atoms with Gasteiger partial charge in [-0.15, -0.1) is 0 Å². The number of ether oxygens (including phenoxy) is 3. The van der Waals surface area contributed by atoms with Crippen LogP contribution >= 0.6 is 0 Å². The third kappa shape index (κ3) is 4.40. The molecular formula is C23H26N2O5. The molecule has 30 heavy (non-hydrogen) atoms. The highest BCUT2D eigenvalue weighted by Gasteiger charge is 2.37. The predicted octanol–water partition coefficient (Wildman–Crippen LogP) is 3.60. The van der Waals surface area contributed by atoms with Gasteiger partial charge in [-0.05, 0) is 31.5 Å². The first-order valence-electron chi connectivity index (χ1n) is 9.73. The molecular weight excluding hydrogens is 384 g/mol. The molecule has 1 aliphatic heterocycles. The summed E-state index contributed by atoms with van der Waals surface area (Å²) in [6, 6.07) is 13.9. The molecule has 3 rings (SSSR count). The smallest absolute Gasteiger partial charge is 0.338 e. The van der Waals surface area contributed by atoms with E-state index in [2.05, 4.69) is 5.32 Å². The number of likely N-dealkylation sites (N-methyl/N-ethyl adjacent to an activating group) is 1. The highest BCUT2D eigenvalue weighted by Crippen LogP contribution is 2.33. The summed E-state index contributed by atoms with van der Waals surface area (Å²) in [4.78, 5) is 27.0. The lowest BCUT2D eigenvalue weighted by molar-refractivity contribution is -0.139. The van der Waals surface area contributed by atoms with E-state index in [1.54, 1.807) is 33.2 Å². The number of para-hydroxylation sites is 2. The Morgan fingerprint density at radius 1 is 1.13 bits per heavy atom. The molecule has 0 aliphatic carbocycles. The van der Waals surface area contributed by atoms with Gasteiger partial charge in [-0.3, -0.25) is 4.90 Å². The van der Waals surface area contributed by atoms with Crippen molar-refractivity contribution >= 4 is 12.0 Å². The molecule has 1 N–H and O–H groups in total. The Balaban J connectivity index is 2.05. The number of hydrogen-bond acceptors (Lipinski definition) is 5. The van der Waals surface area contributed by atoms with Crippen LogP contribution in [0.1, 0.15) is 24.1 Å². The Hall–Kier alpha value is -3.48. The number of aryl methyl sites for hydroxylation is 1. The molecule has 2 amide bonds. The number of rotatable bonds is 7. The summed E-state index contributed by atoms with van der Waals surface area (Å²) < 4.78 is 16.6. The van der Waals surface area contributed by atoms with Crippen molar-refractivity contribution in [3.05, 3.63) is 70.9 Å². The van der Waals surface area contributed by atoms with Crippen LogP contribution in [0.25, 0.3) is 0 Å². The second kappa shape index (κ2) is 9.35. The average molecular weight is 410 g/mol. The fraction of sp³-hybridized carbons (Fsp3) is 0.304. The molecule has 2 aromatic carbocycles. The molecule has 0 unspecified atom stereocenters. The van der Waals surface area contributed by atoms with E-state index in [4.69, 9.17) is 14.2 Å². The molecule has 1 atom stereocenters. The topological polar surface area (TPSA) is 77.1 Å². The number of urea groups is 1. The van der Waals surface area contributed by atoms with Crippen LogP contribution in [0.4, 0.5) is 4.79 Å². The SMILES string of the molecule is CCOC(=O)C1=C(COc2ccccc2OC)N(C)C(=O)N[C@@H]1c1cccc(C)c1. The van der Waals surface area contributed by atoms with E-state index in [0.717, 1.165) is 11.1 Å². The fourth-order valence-corrected chi connectivity index (χ4v) is 3.37. The Kier molecular flexibility index (Phi) is 6.61. The molecule has 0 saturated heterocycles. The number of benzene rings is 2. The molecule has 1 heterocycles. The Morgan fingerprint density at radius 3 is 2.53 bits per heavy atom. The summed E-state index contributed by atoms with van der Waals surface area (Å²) >= 11 is 0. The molecule has 0 saturated carbocycles. The van der Waals surface area contributed by atoms with Gasteiger partial charge in [0, 0.05) is 7.05 Å². The zero-order valence-electron chi connectivity index (χ0n) is 17.6. The summed E-state index contributed by atoms with van der Waals surface area (Å²) in [5, 5.41) is 2.90. The zero-order valence-corrected chi connectivity index (χ0v) is 17.6. The number of carbonyl (C=O) groups is 2. The second-order valence-corrected chi connectivity index (χ2v) is 6.88. The zero-order chi connectivity index (χ0) is 21.7. The summed E-state index contributed by atoms with van der Waals surface area (Å²) in [6.45, 7) is 3.93. The maximum absolute atomic E-state index is 12.9. The Labute approximate surface area is 176 Å². The molecule has 7 heteroatoms. The number of esters is 1. The minimum atomic E-state index is -0.635. The Bertz CT molecular complexity index is 970. The first-order chi connectivity index (χ1) is 14.5. The molecule has 1 aliphatic rings. The highest BCUT2D eigenvalue weighted by molar-refractivity contribution is 5.95. The lowest BCUT2D eigenvalue weighted by atomic mass is 9.94. The van der Waals surface area contributed by atoms with Crippen molar-refractivity contribution in [3.63, 3.8) is 0 Å². The van der Waals surface area contributed by atoms with Crippen LogP contribution < -0.4 is 14.8 Å². The van der Waals surface area contributed by atoms with E-state index in [9.17, 15) is 9.59 Å². The van der Waals surface area contributed by atoms with E-state index in [1.165, 1.54) is 4.90 Å². The van der Waals surface area contributed by atoms with Crippen LogP contribution in [-0.4, -0.2) is 44.3 Å². The van der Waals surface area contributed by atoms with Crippen LogP contribution in [0.5, 0.6) is 11.5 Å². The van der Waals surface area contributed by atoms with Gasteiger partial charge in [-0.2, -0.15) is 0 Å². The Morgan fingerprint density at radius 2 is 1.87 bits per heavy atom. The van der Waals surface area contributed by atoms with Crippen molar-refractivity contribution in [2.24, 2.45) is 0 Å². The van der Waals surface area contributed by atoms with Gasteiger partial charge in [-0.1, -0.05) is 42.0 Å². The van der Waals surface area contributed by atoms with Crippen LogP contribution in [0.3, 0.4) is 0 Å². The van der Waals surface area contributed by atoms with Gasteiger partial charge in [0.1, 0.15) is 6.61 Å². The quantitative estimate of drug-likeness (QED) is 0.706. The molecule has 2 aromatic rings. The van der Waals surface area contributed by atoms with Gasteiger partial charge >= 0.3 is 12.0 Å². The normalized spacial score (nSPS) is 16.2. The molecule has 0 aromatic heterocycles. The van der Waals surface area contributed by atoms with Gasteiger partial charge in [-0.25, -0.2) is 9.59 Å². The summed E-state index contributed by atoms with van der Waals surface area (Å²) in [7, 11) is 3.15. The van der Waals surface area contributed by atoms with E-state index < -0.39 is 12.0 Å². The molecule has 0 bridgehead atoms. The molecule has 0 radical (unpaired) electrons. The maximum atomic E-state index is 12.9. The van der Waals surface area contributed by atoms with Crippen molar-refractivity contribution in [2.75, 3.05) is 27.4 Å². The fourth-order valence-electron chi connectivity index (χ4n) is 3.37. The maximum Gasteiger partial charge on any atom is 0.338 e. The predicted molar refractivity (Wildman–Crippen MR) is 112 cm³/mol. The monoisotopic (exact) mass is 410 g/mol. The number of methoxy groups -OCH3 is 1. The van der Waals surface area contributed by atoms with Crippen molar-refractivity contribution in [2.45, 2.75) is 19.9 Å². The van der Waals surface area contributed by atoms with Crippen molar-refractivity contribution in [1.82, 2.24) is 10.2 Å². The van der Waals surface area contributed by atoms with Gasteiger partial charge in [0.05, 0.1) is 31.0 Å². The van der Waals surface area contributed by atoms with Crippen molar-refractivity contribution < 1.29 is 23.8 Å². The molecule has 0 fully saturated rings. The molecule has 0 spiro atoms. The van der Waals surface area contributed by atoms with E-state index >= 15 is 0 Å². The van der Waals surface area contributed by atoms with Crippen LogP contribution in [-0.2, 0) is 9.53 Å². The van der Waals surface area contributed by atoms with Crippen molar-refractivity contribution in [1.29, 1.82) is 0 Å². The van der Waals surface area contributed by atoms with Gasteiger partial charge in [0.25, 0.3) is 0 Å². The summed E-state index contributed by atoms with van der Waals surface area (Å²) in [5.74, 6) is 0.589. The molecule has 158 valence electrons. The average Bonchev–Trinajstić information content (AvgIpc) is 2.74. The third-order valence-electron chi connectivity index (χ3n) is 4.88. The first-order valence-corrected chi connectivity index (χ1v) is 9.73. The summed E-state index contributed by atoms with van der Waals surface area (Å²) in [6.07, 6.45) is 0. The minimum absolute atomic E-state index is 0.000751. The summed E-state index contributed by atoms with van der Waals surface area (Å²) in [5.41, 5.74) is 2.61. The van der Waals surface area contributed by atoms with E-state index in [1.807, 2.05) is 43.3 Å². The lowest BCUT2D eigenvalue weighted by Crippen LogP contribution is -2.48. The number of nitrogens with zero attached hydrogens (tertiary/aromatic N) is 1. The minimum Gasteiger partial charge on any atom is -0.493 e. The van der Waals surface area contributed by atoms with E-state index in [-0.39, 0.29) is 19.2 Å². The van der Waals surface area contributed by atoms with Crippen LogP contribution in [0.15, 0.2) is 59.8 Å². The standard InChI is InChI=1S/C23H26N2O5/c1-5-29-22(26)20-17(14-30-19-12-7-6-11-18(19)28-4)25(3)23(27)24-21(20)16-10-8-9-15(2)13-16/h6-13,21H,5,14H2,1-4H3,(H,24,27)/t21-/m1/s1. The van der Waals surface area contributed by atoms with Crippen molar-refractivity contribution in [3.8, 4) is 11.5 Å². The van der Waals surface area contributed by atoms with Gasteiger partial charge in [0.2, 0.25) is 0 Å². The largest absolute Gasteiger partial charge is 0.493 e. The second-order valence-electron chi connectivity index (χ2n) is 6.88. The van der Waals surface area contributed by atoms with Gasteiger partial charge in [0.15, 0.2) is 11.5 Å². The number of amides is 2. The third-order valence-corrected chi connectivity index (χ3v) is 4.88. The molecule has 7 nitrogen and oxygen atoms in total. The first kappa shape index (κ1) is 21.2. The highest BCUT2D eigenvalue weighted by atomic mass is 16.5. The van der Waals surface area contributed by atoms with Crippen LogP contribution in [0, 0.1) is 6.92 Å². The number of nitrogens with one attached hydrogen (secondary N) is 1. The number of hydrogen-bond donors (Lipinski definition) is 1.